The summed E-state index contributed by atoms with van der Waals surface area (Å²) in [7, 11) is 0. The third kappa shape index (κ3) is 2.05. The molecule has 0 radical (unpaired) electrons. The van der Waals surface area contributed by atoms with Crippen LogP contribution in [0.4, 0.5) is 0 Å². The van der Waals surface area contributed by atoms with E-state index >= 15 is 0 Å². The lowest BCUT2D eigenvalue weighted by molar-refractivity contribution is 1.23. The number of aryl methyl sites for hydroxylation is 1. The molecule has 0 unspecified atom stereocenters. The average molecular weight is 340 g/mol. The second kappa shape index (κ2) is 4.61. The van der Waals surface area contributed by atoms with Gasteiger partial charge in [-0.3, -0.25) is 0 Å². The maximum Gasteiger partial charge on any atom is 0.150 e. The Morgan fingerprint density at radius 3 is 2.78 bits per heavy atom. The molecule has 5 heteroatoms. The highest BCUT2D eigenvalue weighted by Crippen LogP contribution is 2.36. The first kappa shape index (κ1) is 12.1. The van der Waals surface area contributed by atoms with Gasteiger partial charge in [0.2, 0.25) is 0 Å². The van der Waals surface area contributed by atoms with Crippen molar-refractivity contribution >= 4 is 49.1 Å². The lowest BCUT2D eigenvalue weighted by atomic mass is 10.1. The van der Waals surface area contributed by atoms with E-state index in [-0.39, 0.29) is 0 Å². The SMILES string of the molecule is Cc1ccc(-c2cc3ncnc(Cl)c3s2)cc1Br. The van der Waals surface area contributed by atoms with Gasteiger partial charge in [0, 0.05) is 9.35 Å². The summed E-state index contributed by atoms with van der Waals surface area (Å²) in [6.45, 7) is 2.07. The number of halogens is 2. The highest BCUT2D eigenvalue weighted by molar-refractivity contribution is 9.10. The Labute approximate surface area is 122 Å². The van der Waals surface area contributed by atoms with Crippen LogP contribution in [0.25, 0.3) is 20.7 Å². The smallest absolute Gasteiger partial charge is 0.150 e. The highest BCUT2D eigenvalue weighted by Gasteiger charge is 2.09. The number of hydrogen-bond acceptors (Lipinski definition) is 3. The summed E-state index contributed by atoms with van der Waals surface area (Å²) in [6.07, 6.45) is 1.49. The van der Waals surface area contributed by atoms with Crippen molar-refractivity contribution < 1.29 is 0 Å². The summed E-state index contributed by atoms with van der Waals surface area (Å²) in [5.74, 6) is 0. The lowest BCUT2D eigenvalue weighted by Crippen LogP contribution is -1.77. The van der Waals surface area contributed by atoms with Crippen LogP contribution >= 0.6 is 38.9 Å². The van der Waals surface area contributed by atoms with Gasteiger partial charge in [0.1, 0.15) is 11.5 Å². The first-order chi connectivity index (χ1) is 8.65. The molecule has 3 aromatic rings. The average Bonchev–Trinajstić information content (AvgIpc) is 2.78. The lowest BCUT2D eigenvalue weighted by Gasteiger charge is -2.01. The number of aromatic nitrogens is 2. The predicted molar refractivity (Wildman–Crippen MR) is 80.3 cm³/mol. The van der Waals surface area contributed by atoms with Gasteiger partial charge < -0.3 is 0 Å². The minimum absolute atomic E-state index is 0.516. The third-order valence-electron chi connectivity index (χ3n) is 2.72. The Hall–Kier alpha value is -0.970. The van der Waals surface area contributed by atoms with Gasteiger partial charge in [0.05, 0.1) is 10.2 Å². The molecule has 0 bridgehead atoms. The number of fused-ring (bicyclic) bond motifs is 1. The number of rotatable bonds is 1. The van der Waals surface area contributed by atoms with E-state index in [1.54, 1.807) is 11.3 Å². The zero-order valence-corrected chi connectivity index (χ0v) is 12.6. The molecule has 2 aromatic heterocycles. The first-order valence-corrected chi connectivity index (χ1v) is 7.30. The monoisotopic (exact) mass is 338 g/mol. The molecule has 0 saturated carbocycles. The van der Waals surface area contributed by atoms with E-state index in [0.717, 1.165) is 25.1 Å². The predicted octanol–water partition coefficient (Wildman–Crippen LogP) is 5.08. The number of hydrogen-bond donors (Lipinski definition) is 0. The molecule has 18 heavy (non-hydrogen) atoms. The molecule has 0 amide bonds. The molecule has 1 aromatic carbocycles. The van der Waals surface area contributed by atoms with Crippen molar-refractivity contribution in [1.82, 2.24) is 9.97 Å². The summed E-state index contributed by atoms with van der Waals surface area (Å²) in [4.78, 5) is 9.38. The first-order valence-electron chi connectivity index (χ1n) is 5.32. The van der Waals surface area contributed by atoms with E-state index in [0.29, 0.717) is 5.15 Å². The quantitative estimate of drug-likeness (QED) is 0.578. The van der Waals surface area contributed by atoms with Crippen molar-refractivity contribution in [2.75, 3.05) is 0 Å². The van der Waals surface area contributed by atoms with E-state index in [9.17, 15) is 0 Å². The van der Waals surface area contributed by atoms with Crippen LogP contribution in [0.5, 0.6) is 0 Å². The van der Waals surface area contributed by atoms with Crippen LogP contribution in [0, 0.1) is 6.92 Å². The second-order valence-corrected chi connectivity index (χ2v) is 6.22. The Balaban J connectivity index is 2.19. The summed E-state index contributed by atoms with van der Waals surface area (Å²) in [6, 6.07) is 8.36. The van der Waals surface area contributed by atoms with Gasteiger partial charge in [-0.2, -0.15) is 0 Å². The largest absolute Gasteiger partial charge is 0.235 e. The molecule has 0 spiro atoms. The molecule has 0 aliphatic carbocycles. The van der Waals surface area contributed by atoms with Gasteiger partial charge in [-0.25, -0.2) is 9.97 Å². The summed E-state index contributed by atoms with van der Waals surface area (Å²) in [5, 5.41) is 0.516. The maximum absolute atomic E-state index is 6.06. The Kier molecular flexibility index (Phi) is 3.09. The fraction of sp³-hybridized carbons (Fsp3) is 0.0769. The number of benzene rings is 1. The van der Waals surface area contributed by atoms with E-state index in [2.05, 4.69) is 51.0 Å². The van der Waals surface area contributed by atoms with Crippen molar-refractivity contribution in [2.45, 2.75) is 6.92 Å². The molecule has 2 nitrogen and oxygen atoms in total. The van der Waals surface area contributed by atoms with E-state index in [1.165, 1.54) is 11.9 Å². The van der Waals surface area contributed by atoms with E-state index in [4.69, 9.17) is 11.6 Å². The fourth-order valence-corrected chi connectivity index (χ4v) is 3.34. The van der Waals surface area contributed by atoms with Gasteiger partial charge in [0.15, 0.2) is 0 Å². The van der Waals surface area contributed by atoms with Gasteiger partial charge in [-0.05, 0) is 30.2 Å². The van der Waals surface area contributed by atoms with Crippen LogP contribution < -0.4 is 0 Å². The third-order valence-corrected chi connectivity index (χ3v) is 5.16. The van der Waals surface area contributed by atoms with Crippen molar-refractivity contribution in [1.29, 1.82) is 0 Å². The molecule has 3 rings (SSSR count). The zero-order valence-electron chi connectivity index (χ0n) is 9.45. The maximum atomic E-state index is 6.06. The van der Waals surface area contributed by atoms with Crippen molar-refractivity contribution in [3.63, 3.8) is 0 Å². The van der Waals surface area contributed by atoms with Crippen LogP contribution in [0.3, 0.4) is 0 Å². The molecule has 0 aliphatic rings. The van der Waals surface area contributed by atoms with Crippen LogP contribution in [0.2, 0.25) is 5.15 Å². The van der Waals surface area contributed by atoms with E-state index in [1.807, 2.05) is 6.07 Å². The molecule has 0 aliphatic heterocycles. The molecule has 0 fully saturated rings. The van der Waals surface area contributed by atoms with Crippen molar-refractivity contribution in [3.05, 3.63) is 45.8 Å². The Morgan fingerprint density at radius 2 is 2.06 bits per heavy atom. The molecular formula is C13H8BrClN2S. The summed E-state index contributed by atoms with van der Waals surface area (Å²) in [5.41, 5.74) is 3.27. The van der Waals surface area contributed by atoms with Crippen molar-refractivity contribution in [2.24, 2.45) is 0 Å². The summed E-state index contributed by atoms with van der Waals surface area (Å²) >= 11 is 11.2. The minimum Gasteiger partial charge on any atom is -0.235 e. The van der Waals surface area contributed by atoms with Gasteiger partial charge in [0.25, 0.3) is 0 Å². The van der Waals surface area contributed by atoms with Crippen LogP contribution in [0.1, 0.15) is 5.56 Å². The van der Waals surface area contributed by atoms with Gasteiger partial charge in [-0.15, -0.1) is 11.3 Å². The molecule has 2 heterocycles. The highest BCUT2D eigenvalue weighted by atomic mass is 79.9. The van der Waals surface area contributed by atoms with Gasteiger partial charge >= 0.3 is 0 Å². The normalized spacial score (nSPS) is 11.1. The molecule has 0 atom stereocenters. The topological polar surface area (TPSA) is 25.8 Å². The van der Waals surface area contributed by atoms with Gasteiger partial charge in [-0.1, -0.05) is 39.7 Å². The van der Waals surface area contributed by atoms with Crippen molar-refractivity contribution in [3.8, 4) is 10.4 Å². The van der Waals surface area contributed by atoms with Crippen LogP contribution in [0.15, 0.2) is 35.1 Å². The molecule has 90 valence electrons. The minimum atomic E-state index is 0.516. The Bertz CT molecular complexity index is 739. The molecule has 0 saturated heterocycles. The Morgan fingerprint density at radius 1 is 1.22 bits per heavy atom. The van der Waals surface area contributed by atoms with E-state index < -0.39 is 0 Å². The standard InChI is InChI=1S/C13H8BrClN2S/c1-7-2-3-8(4-9(7)14)11-5-10-12(18-11)13(15)17-6-16-10/h2-6H,1H3. The van der Waals surface area contributed by atoms with Crippen LogP contribution in [-0.2, 0) is 0 Å². The number of nitrogens with zero attached hydrogens (tertiary/aromatic N) is 2. The fourth-order valence-electron chi connectivity index (χ4n) is 1.71. The molecular weight excluding hydrogens is 332 g/mol. The second-order valence-electron chi connectivity index (χ2n) is 3.95. The summed E-state index contributed by atoms with van der Waals surface area (Å²) < 4.78 is 2.04. The zero-order chi connectivity index (χ0) is 12.7. The van der Waals surface area contributed by atoms with Crippen LogP contribution in [-0.4, -0.2) is 9.97 Å². The number of thiophene rings is 1. The molecule has 0 N–H and O–H groups in total.